The zero-order chi connectivity index (χ0) is 25.1. The first-order chi connectivity index (χ1) is 17.3. The monoisotopic (exact) mass is 499 g/mol. The van der Waals surface area contributed by atoms with Gasteiger partial charge in [0, 0.05) is 54.3 Å². The van der Waals surface area contributed by atoms with Crippen molar-refractivity contribution in [1.29, 1.82) is 0 Å². The molecule has 0 radical (unpaired) electrons. The van der Waals surface area contributed by atoms with E-state index in [1.807, 2.05) is 25.3 Å². The van der Waals surface area contributed by atoms with E-state index in [-0.39, 0.29) is 24.8 Å². The van der Waals surface area contributed by atoms with Crippen LogP contribution in [-0.2, 0) is 6.54 Å². The number of halogens is 3. The number of aromatic amines is 1. The van der Waals surface area contributed by atoms with Gasteiger partial charge in [-0.1, -0.05) is 0 Å². The third-order valence-electron chi connectivity index (χ3n) is 8.32. The highest BCUT2D eigenvalue weighted by atomic mass is 19.3. The smallest absolute Gasteiger partial charge is 0.250 e. The molecule has 1 unspecified atom stereocenters. The lowest BCUT2D eigenvalue weighted by Crippen LogP contribution is -2.53. The average molecular weight is 500 g/mol. The Balaban J connectivity index is 1.32. The maximum atomic E-state index is 15.0. The Morgan fingerprint density at radius 2 is 2.03 bits per heavy atom. The minimum absolute atomic E-state index is 0.0205. The van der Waals surface area contributed by atoms with Gasteiger partial charge in [-0.15, -0.1) is 0 Å². The minimum atomic E-state index is -2.60. The van der Waals surface area contributed by atoms with Gasteiger partial charge in [-0.05, 0) is 79.8 Å². The van der Waals surface area contributed by atoms with Crippen LogP contribution in [0, 0.1) is 24.1 Å². The number of hydrogen-bond donors (Lipinski definition) is 1. The van der Waals surface area contributed by atoms with Crippen LogP contribution in [0.3, 0.4) is 0 Å². The SMILES string of the molecule is COc1cc(C)c2[nH]ccc2c1CN1CCC2(CC1c1cnc(OCC3CC3)c(F)c1)CC(F)(F)C2. The number of nitrogens with one attached hydrogen (secondary N) is 1. The lowest BCUT2D eigenvalue weighted by atomic mass is 9.59. The molecule has 2 saturated carbocycles. The van der Waals surface area contributed by atoms with Crippen molar-refractivity contribution in [2.75, 3.05) is 20.3 Å². The van der Waals surface area contributed by atoms with Crippen molar-refractivity contribution >= 4 is 10.9 Å². The Kier molecular flexibility index (Phi) is 5.70. The topological polar surface area (TPSA) is 50.4 Å². The van der Waals surface area contributed by atoms with Crippen LogP contribution in [0.1, 0.15) is 61.3 Å². The number of benzene rings is 1. The molecule has 1 aliphatic heterocycles. The molecule has 3 heterocycles. The van der Waals surface area contributed by atoms with E-state index in [0.717, 1.165) is 40.6 Å². The summed E-state index contributed by atoms with van der Waals surface area (Å²) in [7, 11) is 1.66. The summed E-state index contributed by atoms with van der Waals surface area (Å²) < 4.78 is 54.3. The molecule has 3 aliphatic rings. The standard InChI is InChI=1S/C28H32F3N3O2/c1-17-9-24(35-2)21(20-5-7-32-25(17)20)13-34-8-6-27(15-28(30,31)16-27)11-23(34)19-10-22(29)26(33-12-19)36-14-18-3-4-18/h5,7,9-10,12,18,23,32H,3-4,6,8,11,13-16H2,1-2H3. The third-order valence-corrected chi connectivity index (χ3v) is 8.32. The molecule has 3 aromatic rings. The van der Waals surface area contributed by atoms with E-state index in [2.05, 4.69) is 14.9 Å². The summed E-state index contributed by atoms with van der Waals surface area (Å²) in [4.78, 5) is 9.87. The van der Waals surface area contributed by atoms with Crippen LogP contribution in [0.4, 0.5) is 13.2 Å². The largest absolute Gasteiger partial charge is 0.496 e. The van der Waals surface area contributed by atoms with E-state index < -0.39 is 17.2 Å². The number of piperidine rings is 1. The molecule has 1 spiro atoms. The molecule has 6 rings (SSSR count). The zero-order valence-electron chi connectivity index (χ0n) is 20.8. The van der Waals surface area contributed by atoms with Crippen molar-refractivity contribution in [3.05, 3.63) is 53.1 Å². The van der Waals surface area contributed by atoms with Gasteiger partial charge in [-0.2, -0.15) is 0 Å². The molecule has 2 aromatic heterocycles. The van der Waals surface area contributed by atoms with Crippen molar-refractivity contribution in [3.8, 4) is 11.6 Å². The summed E-state index contributed by atoms with van der Waals surface area (Å²) in [6.07, 6.45) is 6.85. The number of hydrogen-bond acceptors (Lipinski definition) is 4. The van der Waals surface area contributed by atoms with Crippen molar-refractivity contribution in [1.82, 2.24) is 14.9 Å². The van der Waals surface area contributed by atoms with Gasteiger partial charge in [0.25, 0.3) is 0 Å². The predicted molar refractivity (Wildman–Crippen MR) is 131 cm³/mol. The first-order valence-electron chi connectivity index (χ1n) is 12.8. The molecule has 192 valence electrons. The first-order valence-corrected chi connectivity index (χ1v) is 12.8. The Morgan fingerprint density at radius 3 is 2.72 bits per heavy atom. The fourth-order valence-corrected chi connectivity index (χ4v) is 6.26. The first kappa shape index (κ1) is 23.6. The van der Waals surface area contributed by atoms with Crippen molar-refractivity contribution < 1.29 is 22.6 Å². The van der Waals surface area contributed by atoms with Gasteiger partial charge in [-0.3, -0.25) is 4.90 Å². The van der Waals surface area contributed by atoms with E-state index in [1.54, 1.807) is 13.3 Å². The quantitative estimate of drug-likeness (QED) is 0.400. The molecule has 5 nitrogen and oxygen atoms in total. The van der Waals surface area contributed by atoms with Crippen LogP contribution in [-0.4, -0.2) is 41.1 Å². The van der Waals surface area contributed by atoms with E-state index >= 15 is 4.39 Å². The Bertz CT molecular complexity index is 1280. The summed E-state index contributed by atoms with van der Waals surface area (Å²) in [6.45, 7) is 3.73. The number of rotatable bonds is 7. The molecule has 1 N–H and O–H groups in total. The number of pyridine rings is 1. The van der Waals surface area contributed by atoms with Gasteiger partial charge in [0.1, 0.15) is 5.75 Å². The fraction of sp³-hybridized carbons (Fsp3) is 0.536. The van der Waals surface area contributed by atoms with E-state index in [0.29, 0.717) is 44.0 Å². The molecule has 36 heavy (non-hydrogen) atoms. The van der Waals surface area contributed by atoms with Crippen molar-refractivity contribution in [3.63, 3.8) is 0 Å². The van der Waals surface area contributed by atoms with Crippen LogP contribution in [0.15, 0.2) is 30.6 Å². The maximum absolute atomic E-state index is 15.0. The molecule has 1 atom stereocenters. The Morgan fingerprint density at radius 1 is 1.22 bits per heavy atom. The number of H-pyrrole nitrogens is 1. The summed E-state index contributed by atoms with van der Waals surface area (Å²) in [5.41, 5.74) is 3.48. The van der Waals surface area contributed by atoms with Crippen LogP contribution < -0.4 is 9.47 Å². The Labute approximate surface area is 209 Å². The van der Waals surface area contributed by atoms with Gasteiger partial charge in [0.2, 0.25) is 11.8 Å². The third kappa shape index (κ3) is 4.33. The summed E-state index contributed by atoms with van der Waals surface area (Å²) in [5, 5.41) is 1.08. The van der Waals surface area contributed by atoms with Crippen molar-refractivity contribution in [2.45, 2.75) is 64.0 Å². The minimum Gasteiger partial charge on any atom is -0.496 e. The molecule has 3 fully saturated rings. The molecule has 1 aromatic carbocycles. The lowest BCUT2D eigenvalue weighted by molar-refractivity contribution is -0.186. The highest BCUT2D eigenvalue weighted by Crippen LogP contribution is 2.60. The zero-order valence-corrected chi connectivity index (χ0v) is 20.8. The van der Waals surface area contributed by atoms with E-state index in [1.165, 1.54) is 6.07 Å². The second-order valence-corrected chi connectivity index (χ2v) is 11.1. The summed E-state index contributed by atoms with van der Waals surface area (Å²) in [5.74, 6) is -1.79. The predicted octanol–water partition coefficient (Wildman–Crippen LogP) is 6.56. The number of methoxy groups -OCH3 is 1. The number of alkyl halides is 2. The molecule has 1 saturated heterocycles. The highest BCUT2D eigenvalue weighted by Gasteiger charge is 2.58. The molecule has 0 bridgehead atoms. The maximum Gasteiger partial charge on any atom is 0.250 e. The van der Waals surface area contributed by atoms with Crippen LogP contribution in [0.25, 0.3) is 10.9 Å². The van der Waals surface area contributed by atoms with Crippen LogP contribution in [0.5, 0.6) is 11.6 Å². The molecule has 8 heteroatoms. The molecule has 2 aliphatic carbocycles. The van der Waals surface area contributed by atoms with Gasteiger partial charge in [0.05, 0.1) is 13.7 Å². The summed E-state index contributed by atoms with van der Waals surface area (Å²) in [6, 6.07) is 5.32. The second-order valence-electron chi connectivity index (χ2n) is 11.1. The van der Waals surface area contributed by atoms with E-state index in [4.69, 9.17) is 9.47 Å². The fourth-order valence-electron chi connectivity index (χ4n) is 6.26. The highest BCUT2D eigenvalue weighted by molar-refractivity contribution is 5.88. The van der Waals surface area contributed by atoms with Gasteiger partial charge >= 0.3 is 0 Å². The van der Waals surface area contributed by atoms with Crippen LogP contribution >= 0.6 is 0 Å². The van der Waals surface area contributed by atoms with Gasteiger partial charge < -0.3 is 14.5 Å². The molecule has 0 amide bonds. The van der Waals surface area contributed by atoms with E-state index in [9.17, 15) is 8.78 Å². The number of fused-ring (bicyclic) bond motifs is 1. The number of nitrogens with zero attached hydrogens (tertiary/aromatic N) is 2. The number of aryl methyl sites for hydroxylation is 1. The second kappa shape index (κ2) is 8.68. The van der Waals surface area contributed by atoms with Gasteiger partial charge in [0.15, 0.2) is 5.82 Å². The summed E-state index contributed by atoms with van der Waals surface area (Å²) >= 11 is 0. The van der Waals surface area contributed by atoms with Crippen molar-refractivity contribution in [2.24, 2.45) is 11.3 Å². The molecular formula is C28H32F3N3O2. The lowest BCUT2D eigenvalue weighted by Gasteiger charge is -2.54. The number of aromatic nitrogens is 2. The Hall–Kier alpha value is -2.74. The number of ether oxygens (including phenoxy) is 2. The number of likely N-dealkylation sites (tertiary alicyclic amines) is 1. The average Bonchev–Trinajstić information content (AvgIpc) is 3.52. The van der Waals surface area contributed by atoms with Gasteiger partial charge in [-0.25, -0.2) is 18.2 Å². The van der Waals surface area contributed by atoms with Crippen LogP contribution in [0.2, 0.25) is 0 Å². The molecular weight excluding hydrogens is 467 g/mol. The normalized spacial score (nSPS) is 23.1.